The lowest BCUT2D eigenvalue weighted by Gasteiger charge is -2.19. The molecule has 18 heavy (non-hydrogen) atoms. The third kappa shape index (κ3) is 2.72. The van der Waals surface area contributed by atoms with Crippen molar-refractivity contribution >= 4 is 5.91 Å². The van der Waals surface area contributed by atoms with Crippen LogP contribution in [-0.2, 0) is 11.2 Å². The third-order valence-corrected chi connectivity index (χ3v) is 3.89. The molecule has 1 aliphatic rings. The molecule has 1 amide bonds. The lowest BCUT2D eigenvalue weighted by atomic mass is 10.0. The lowest BCUT2D eigenvalue weighted by Crippen LogP contribution is -2.42. The number of hydrogen-bond donors (Lipinski definition) is 2. The molecule has 3 heteroatoms. The molecule has 0 saturated heterocycles. The molecule has 98 valence electrons. The second-order valence-electron chi connectivity index (χ2n) is 5.49. The fraction of sp³-hybridized carbons (Fsp3) is 0.533. The summed E-state index contributed by atoms with van der Waals surface area (Å²) in [6.07, 6.45) is 2.75. The van der Waals surface area contributed by atoms with Crippen LogP contribution in [0.15, 0.2) is 24.3 Å². The van der Waals surface area contributed by atoms with E-state index < -0.39 is 0 Å². The van der Waals surface area contributed by atoms with E-state index in [2.05, 4.69) is 31.3 Å². The molecule has 0 spiro atoms. The Bertz CT molecular complexity index is 438. The Labute approximate surface area is 109 Å². The molecular formula is C15H22N2O. The zero-order valence-electron chi connectivity index (χ0n) is 11.2. The van der Waals surface area contributed by atoms with E-state index in [9.17, 15) is 4.79 Å². The summed E-state index contributed by atoms with van der Waals surface area (Å²) >= 11 is 0. The minimum atomic E-state index is -0.250. The highest BCUT2D eigenvalue weighted by Crippen LogP contribution is 2.44. The molecule has 1 aromatic carbocycles. The van der Waals surface area contributed by atoms with Gasteiger partial charge in [-0.05, 0) is 44.2 Å². The van der Waals surface area contributed by atoms with Gasteiger partial charge in [0.2, 0.25) is 5.91 Å². The van der Waals surface area contributed by atoms with Gasteiger partial charge in [-0.25, -0.2) is 0 Å². The Morgan fingerprint density at radius 3 is 2.67 bits per heavy atom. The summed E-state index contributed by atoms with van der Waals surface area (Å²) in [6, 6.07) is 8.46. The molecular weight excluding hydrogens is 224 g/mol. The van der Waals surface area contributed by atoms with Crippen LogP contribution in [-0.4, -0.2) is 18.5 Å². The summed E-state index contributed by atoms with van der Waals surface area (Å²) in [4.78, 5) is 12.1. The second kappa shape index (κ2) is 5.11. The van der Waals surface area contributed by atoms with Gasteiger partial charge in [-0.15, -0.1) is 0 Å². The number of nitrogens with two attached hydrogens (primary N) is 1. The number of hydrogen-bond acceptors (Lipinski definition) is 2. The van der Waals surface area contributed by atoms with Crippen LogP contribution >= 0.6 is 0 Å². The fourth-order valence-corrected chi connectivity index (χ4v) is 2.27. The summed E-state index contributed by atoms with van der Waals surface area (Å²) < 4.78 is 0. The first-order valence-corrected chi connectivity index (χ1v) is 6.63. The summed E-state index contributed by atoms with van der Waals surface area (Å²) in [5, 5.41) is 3.09. The van der Waals surface area contributed by atoms with Gasteiger partial charge in [0.15, 0.2) is 0 Å². The van der Waals surface area contributed by atoms with Gasteiger partial charge in [0.25, 0.3) is 0 Å². The number of amides is 1. The van der Waals surface area contributed by atoms with Gasteiger partial charge in [0, 0.05) is 12.6 Å². The molecule has 0 radical (unpaired) electrons. The maximum absolute atomic E-state index is 12.1. The molecule has 1 atom stereocenters. The topological polar surface area (TPSA) is 55.1 Å². The van der Waals surface area contributed by atoms with Gasteiger partial charge in [0.1, 0.15) is 0 Å². The van der Waals surface area contributed by atoms with Crippen molar-refractivity contribution in [2.45, 2.75) is 39.2 Å². The highest BCUT2D eigenvalue weighted by atomic mass is 16.2. The van der Waals surface area contributed by atoms with Gasteiger partial charge in [0.05, 0.1) is 5.41 Å². The maximum atomic E-state index is 12.1. The summed E-state index contributed by atoms with van der Waals surface area (Å²) in [6.45, 7) is 4.62. The Morgan fingerprint density at radius 1 is 1.44 bits per heavy atom. The molecule has 1 aromatic rings. The van der Waals surface area contributed by atoms with Crippen molar-refractivity contribution in [3.63, 3.8) is 0 Å². The molecule has 3 N–H and O–H groups in total. The number of nitrogens with one attached hydrogen (secondary N) is 1. The van der Waals surface area contributed by atoms with Gasteiger partial charge in [-0.2, -0.15) is 0 Å². The van der Waals surface area contributed by atoms with Crippen molar-refractivity contribution in [2.75, 3.05) is 6.54 Å². The third-order valence-electron chi connectivity index (χ3n) is 3.89. The van der Waals surface area contributed by atoms with E-state index in [1.165, 1.54) is 11.1 Å². The zero-order chi connectivity index (χ0) is 13.2. The molecule has 1 unspecified atom stereocenters. The van der Waals surface area contributed by atoms with E-state index in [-0.39, 0.29) is 17.4 Å². The van der Waals surface area contributed by atoms with E-state index in [1.807, 2.05) is 12.1 Å². The van der Waals surface area contributed by atoms with Crippen molar-refractivity contribution in [2.24, 2.45) is 11.1 Å². The normalized spacial score (nSPS) is 18.2. The van der Waals surface area contributed by atoms with Crippen LogP contribution in [0.1, 0.15) is 30.9 Å². The predicted molar refractivity (Wildman–Crippen MR) is 73.2 cm³/mol. The smallest absolute Gasteiger partial charge is 0.227 e. The van der Waals surface area contributed by atoms with Gasteiger partial charge < -0.3 is 11.1 Å². The SMILES string of the molecule is Cc1ccccc1CC(C)NC(=O)C1(CN)CC1. The summed E-state index contributed by atoms with van der Waals surface area (Å²) in [7, 11) is 0. The number of benzene rings is 1. The standard InChI is InChI=1S/C15H22N2O/c1-11-5-3-4-6-13(11)9-12(2)17-14(18)15(10-16)7-8-15/h3-6,12H,7-10,16H2,1-2H3,(H,17,18). The van der Waals surface area contributed by atoms with Crippen LogP contribution in [0.2, 0.25) is 0 Å². The van der Waals surface area contributed by atoms with E-state index in [1.54, 1.807) is 0 Å². The monoisotopic (exact) mass is 246 g/mol. The first-order valence-electron chi connectivity index (χ1n) is 6.63. The molecule has 0 aliphatic heterocycles. The van der Waals surface area contributed by atoms with Crippen molar-refractivity contribution < 1.29 is 4.79 Å². The number of aryl methyl sites for hydroxylation is 1. The van der Waals surface area contributed by atoms with E-state index in [4.69, 9.17) is 5.73 Å². The molecule has 0 heterocycles. The molecule has 0 bridgehead atoms. The average Bonchev–Trinajstić information content (AvgIpc) is 3.13. The van der Waals surface area contributed by atoms with Crippen LogP contribution in [0.25, 0.3) is 0 Å². The van der Waals surface area contributed by atoms with Crippen LogP contribution in [0.3, 0.4) is 0 Å². The van der Waals surface area contributed by atoms with Gasteiger partial charge in [-0.1, -0.05) is 24.3 Å². The van der Waals surface area contributed by atoms with E-state index in [0.717, 1.165) is 19.3 Å². The lowest BCUT2D eigenvalue weighted by molar-refractivity contribution is -0.126. The first-order chi connectivity index (χ1) is 8.57. The highest BCUT2D eigenvalue weighted by Gasteiger charge is 2.48. The Kier molecular flexibility index (Phi) is 3.71. The average molecular weight is 246 g/mol. The van der Waals surface area contributed by atoms with E-state index in [0.29, 0.717) is 6.54 Å². The molecule has 3 nitrogen and oxygen atoms in total. The van der Waals surface area contributed by atoms with Gasteiger partial charge in [-0.3, -0.25) is 4.79 Å². The van der Waals surface area contributed by atoms with Crippen LogP contribution in [0.5, 0.6) is 0 Å². The minimum Gasteiger partial charge on any atom is -0.353 e. The summed E-state index contributed by atoms with van der Waals surface area (Å²) in [5.41, 5.74) is 7.98. The molecule has 1 fully saturated rings. The summed E-state index contributed by atoms with van der Waals surface area (Å²) in [5.74, 6) is 0.131. The molecule has 2 rings (SSSR count). The second-order valence-corrected chi connectivity index (χ2v) is 5.49. The van der Waals surface area contributed by atoms with Crippen molar-refractivity contribution in [1.82, 2.24) is 5.32 Å². The zero-order valence-corrected chi connectivity index (χ0v) is 11.2. The van der Waals surface area contributed by atoms with Crippen molar-refractivity contribution in [3.8, 4) is 0 Å². The van der Waals surface area contributed by atoms with Crippen molar-refractivity contribution in [1.29, 1.82) is 0 Å². The van der Waals surface area contributed by atoms with Gasteiger partial charge >= 0.3 is 0 Å². The van der Waals surface area contributed by atoms with Crippen LogP contribution in [0, 0.1) is 12.3 Å². The predicted octanol–water partition coefficient (Wildman–Crippen LogP) is 1.78. The molecule has 0 aromatic heterocycles. The number of rotatable bonds is 5. The number of carbonyl (C=O) groups excluding carboxylic acids is 1. The molecule has 1 saturated carbocycles. The number of carbonyl (C=O) groups is 1. The molecule has 1 aliphatic carbocycles. The first kappa shape index (κ1) is 13.1. The Hall–Kier alpha value is -1.35. The fourth-order valence-electron chi connectivity index (χ4n) is 2.27. The minimum absolute atomic E-state index is 0.131. The Balaban J connectivity index is 1.91. The van der Waals surface area contributed by atoms with E-state index >= 15 is 0 Å². The maximum Gasteiger partial charge on any atom is 0.227 e. The highest BCUT2D eigenvalue weighted by molar-refractivity contribution is 5.85. The van der Waals surface area contributed by atoms with Crippen LogP contribution in [0.4, 0.5) is 0 Å². The van der Waals surface area contributed by atoms with Crippen LogP contribution < -0.4 is 11.1 Å². The quantitative estimate of drug-likeness (QED) is 0.832. The largest absolute Gasteiger partial charge is 0.353 e. The van der Waals surface area contributed by atoms with Crippen molar-refractivity contribution in [3.05, 3.63) is 35.4 Å². The Morgan fingerprint density at radius 2 is 2.11 bits per heavy atom.